The van der Waals surface area contributed by atoms with Crippen LogP contribution in [0.3, 0.4) is 0 Å². The Morgan fingerprint density at radius 2 is 2.21 bits per heavy atom. The van der Waals surface area contributed by atoms with Crippen molar-refractivity contribution in [1.29, 1.82) is 5.26 Å². The van der Waals surface area contributed by atoms with Gasteiger partial charge in [0.2, 0.25) is 0 Å². The van der Waals surface area contributed by atoms with E-state index in [4.69, 9.17) is 5.26 Å². The summed E-state index contributed by atoms with van der Waals surface area (Å²) in [5.74, 6) is 0.924. The zero-order valence-electron chi connectivity index (χ0n) is 10.8. The molecule has 1 saturated carbocycles. The number of anilines is 1. The molecule has 5 nitrogen and oxygen atoms in total. The van der Waals surface area contributed by atoms with E-state index in [9.17, 15) is 5.11 Å². The molecule has 1 saturated heterocycles. The van der Waals surface area contributed by atoms with Crippen LogP contribution in [0.25, 0.3) is 0 Å². The summed E-state index contributed by atoms with van der Waals surface area (Å²) in [7, 11) is 0. The van der Waals surface area contributed by atoms with Crippen molar-refractivity contribution in [1.82, 2.24) is 9.47 Å². The summed E-state index contributed by atoms with van der Waals surface area (Å²) < 4.78 is 0.577. The number of nitrogens with one attached hydrogen (secondary N) is 1. The van der Waals surface area contributed by atoms with Crippen LogP contribution in [0, 0.1) is 11.3 Å². The van der Waals surface area contributed by atoms with Crippen LogP contribution in [0.15, 0.2) is 12.3 Å². The quantitative estimate of drug-likeness (QED) is 0.548. The molecule has 2 unspecified atom stereocenters. The van der Waals surface area contributed by atoms with Gasteiger partial charge in [0.25, 0.3) is 12.2 Å². The molecule has 1 aromatic rings. The van der Waals surface area contributed by atoms with E-state index in [1.807, 2.05) is 0 Å². The van der Waals surface area contributed by atoms with Crippen molar-refractivity contribution in [2.45, 2.75) is 44.0 Å². The number of rotatable bonds is 0. The molecule has 98 valence electrons. The lowest BCUT2D eigenvalue weighted by Gasteiger charge is -2.26. The lowest BCUT2D eigenvalue weighted by atomic mass is 9.88. The summed E-state index contributed by atoms with van der Waals surface area (Å²) in [6.07, 6.45) is 7.16. The summed E-state index contributed by atoms with van der Waals surface area (Å²) in [6.45, 7) is 0.979. The first-order valence-electron chi connectivity index (χ1n) is 6.95. The van der Waals surface area contributed by atoms with E-state index in [1.54, 1.807) is 12.3 Å². The highest BCUT2D eigenvalue weighted by Crippen LogP contribution is 2.60. The molecular formula is C14H17N4O+. The van der Waals surface area contributed by atoms with Gasteiger partial charge in [0.15, 0.2) is 5.54 Å². The molecule has 0 radical (unpaired) electrons. The first-order chi connectivity index (χ1) is 9.22. The monoisotopic (exact) mass is 257 g/mol. The topological polar surface area (TPSA) is 68.9 Å². The van der Waals surface area contributed by atoms with E-state index >= 15 is 0 Å². The standard InChI is InChI=1S/C14H17N4O/c15-7-10-6-11-12(16-8-10)18(13(19)17-11)9-14(18)4-2-1-3-5-14/h6,8,13,17,19H,1-5,9H2/q+1. The van der Waals surface area contributed by atoms with Gasteiger partial charge in [-0.15, -0.1) is 0 Å². The normalized spacial score (nSPS) is 33.8. The highest BCUT2D eigenvalue weighted by atomic mass is 16.3. The second kappa shape index (κ2) is 3.47. The van der Waals surface area contributed by atoms with E-state index in [0.29, 0.717) is 10.0 Å². The van der Waals surface area contributed by atoms with Gasteiger partial charge in [0, 0.05) is 12.8 Å². The van der Waals surface area contributed by atoms with E-state index in [-0.39, 0.29) is 5.54 Å². The molecule has 2 spiro atoms. The highest BCUT2D eigenvalue weighted by Gasteiger charge is 2.77. The van der Waals surface area contributed by atoms with Gasteiger partial charge in [0.1, 0.15) is 18.3 Å². The summed E-state index contributed by atoms with van der Waals surface area (Å²) in [4.78, 5) is 4.47. The number of aromatic nitrogens is 1. The van der Waals surface area contributed by atoms with Crippen molar-refractivity contribution >= 4 is 11.5 Å². The Labute approximate surface area is 112 Å². The van der Waals surface area contributed by atoms with E-state index < -0.39 is 6.35 Å². The Bertz CT molecular complexity index is 588. The van der Waals surface area contributed by atoms with Crippen LogP contribution in [-0.4, -0.2) is 28.5 Å². The molecule has 2 fully saturated rings. The van der Waals surface area contributed by atoms with Gasteiger partial charge < -0.3 is 10.4 Å². The second-order valence-electron chi connectivity index (χ2n) is 6.04. The maximum Gasteiger partial charge on any atom is 0.279 e. The predicted octanol–water partition coefficient (Wildman–Crippen LogP) is 1.68. The summed E-state index contributed by atoms with van der Waals surface area (Å²) in [6, 6.07) is 3.90. The maximum atomic E-state index is 10.5. The molecule has 2 N–H and O–H groups in total. The molecule has 2 aliphatic heterocycles. The van der Waals surface area contributed by atoms with Crippen molar-refractivity contribution in [2.24, 2.45) is 0 Å². The fourth-order valence-electron chi connectivity index (χ4n) is 4.15. The largest absolute Gasteiger partial charge is 0.327 e. The number of hydrogen-bond acceptors (Lipinski definition) is 4. The molecule has 5 heteroatoms. The van der Waals surface area contributed by atoms with Gasteiger partial charge in [0.05, 0.1) is 11.8 Å². The molecule has 4 rings (SSSR count). The van der Waals surface area contributed by atoms with Gasteiger partial charge in [-0.05, 0) is 18.9 Å². The third kappa shape index (κ3) is 1.23. The molecular weight excluding hydrogens is 240 g/mol. The van der Waals surface area contributed by atoms with Gasteiger partial charge in [-0.2, -0.15) is 5.26 Å². The van der Waals surface area contributed by atoms with Gasteiger partial charge in [-0.1, -0.05) is 6.42 Å². The summed E-state index contributed by atoms with van der Waals surface area (Å²) >= 11 is 0. The van der Waals surface area contributed by atoms with E-state index in [0.717, 1.165) is 18.1 Å². The van der Waals surface area contributed by atoms with Crippen LogP contribution in [0.4, 0.5) is 11.5 Å². The maximum absolute atomic E-state index is 10.5. The lowest BCUT2D eigenvalue weighted by molar-refractivity contribution is 0.0862. The van der Waals surface area contributed by atoms with E-state index in [1.165, 1.54) is 32.1 Å². The van der Waals surface area contributed by atoms with Gasteiger partial charge in [-0.25, -0.2) is 9.47 Å². The van der Waals surface area contributed by atoms with Gasteiger partial charge >= 0.3 is 0 Å². The number of fused-ring (bicyclic) bond motifs is 3. The molecule has 0 amide bonds. The average molecular weight is 257 g/mol. The fourth-order valence-corrected chi connectivity index (χ4v) is 4.15. The Kier molecular flexibility index (Phi) is 2.05. The zero-order valence-corrected chi connectivity index (χ0v) is 10.8. The number of nitriles is 1. The number of pyridine rings is 1. The Morgan fingerprint density at radius 3 is 2.95 bits per heavy atom. The molecule has 1 aromatic heterocycles. The smallest absolute Gasteiger partial charge is 0.279 e. The molecule has 0 bridgehead atoms. The molecule has 0 aromatic carbocycles. The van der Waals surface area contributed by atoms with Crippen molar-refractivity contribution < 1.29 is 5.11 Å². The van der Waals surface area contributed by atoms with Crippen LogP contribution in [0.1, 0.15) is 37.7 Å². The number of quaternary nitrogens is 1. The summed E-state index contributed by atoms with van der Waals surface area (Å²) in [5, 5.41) is 22.5. The molecule has 3 aliphatic rings. The zero-order chi connectivity index (χ0) is 13.1. The molecule has 2 atom stereocenters. The minimum atomic E-state index is -0.602. The molecule has 19 heavy (non-hydrogen) atoms. The lowest BCUT2D eigenvalue weighted by Crippen LogP contribution is -2.46. The molecule has 3 heterocycles. The van der Waals surface area contributed by atoms with Crippen LogP contribution < -0.4 is 9.80 Å². The fraction of sp³-hybridized carbons (Fsp3) is 0.571. The van der Waals surface area contributed by atoms with Crippen LogP contribution in [0.5, 0.6) is 0 Å². The first kappa shape index (κ1) is 11.2. The third-order valence-electron chi connectivity index (χ3n) is 5.15. The van der Waals surface area contributed by atoms with Crippen LogP contribution in [-0.2, 0) is 0 Å². The van der Waals surface area contributed by atoms with Gasteiger partial charge in [-0.3, -0.25) is 0 Å². The third-order valence-corrected chi connectivity index (χ3v) is 5.15. The van der Waals surface area contributed by atoms with Crippen molar-refractivity contribution in [3.05, 3.63) is 17.8 Å². The van der Waals surface area contributed by atoms with Crippen molar-refractivity contribution in [3.63, 3.8) is 0 Å². The average Bonchev–Trinajstić information content (AvgIpc) is 2.98. The number of nitrogens with zero attached hydrogens (tertiary/aromatic N) is 3. The number of aliphatic hydroxyl groups excluding tert-OH is 1. The summed E-state index contributed by atoms with van der Waals surface area (Å²) in [5.41, 5.74) is 1.56. The highest BCUT2D eigenvalue weighted by molar-refractivity contribution is 5.74. The SMILES string of the molecule is N#Cc1cnc2c(c1)NC(O)[N+]21CC12CCCCC2. The Hall–Kier alpha value is -1.64. The van der Waals surface area contributed by atoms with Crippen molar-refractivity contribution in [3.8, 4) is 6.07 Å². The predicted molar refractivity (Wildman–Crippen MR) is 71.1 cm³/mol. The second-order valence-corrected chi connectivity index (χ2v) is 6.04. The van der Waals surface area contributed by atoms with E-state index in [2.05, 4.69) is 16.4 Å². The minimum Gasteiger partial charge on any atom is -0.327 e. The molecule has 1 aliphatic carbocycles. The van der Waals surface area contributed by atoms with Crippen molar-refractivity contribution in [2.75, 3.05) is 11.9 Å². The number of hydrogen-bond donors (Lipinski definition) is 2. The minimum absolute atomic E-state index is 0.192. The van der Waals surface area contributed by atoms with Crippen LogP contribution in [0.2, 0.25) is 0 Å². The number of aliphatic hydroxyl groups is 1. The first-order valence-corrected chi connectivity index (χ1v) is 6.95. The Morgan fingerprint density at radius 1 is 1.42 bits per heavy atom. The Balaban J connectivity index is 1.79. The van der Waals surface area contributed by atoms with Crippen LogP contribution >= 0.6 is 0 Å².